The van der Waals surface area contributed by atoms with Gasteiger partial charge in [0.15, 0.2) is 23.2 Å². The highest BCUT2D eigenvalue weighted by Gasteiger charge is 2.31. The molecule has 0 radical (unpaired) electrons. The fourth-order valence-corrected chi connectivity index (χ4v) is 4.26. The predicted molar refractivity (Wildman–Crippen MR) is 133 cm³/mol. The van der Waals surface area contributed by atoms with Crippen molar-refractivity contribution in [3.63, 3.8) is 0 Å². The zero-order valence-corrected chi connectivity index (χ0v) is 20.6. The van der Waals surface area contributed by atoms with Gasteiger partial charge in [-0.25, -0.2) is 0 Å². The summed E-state index contributed by atoms with van der Waals surface area (Å²) in [6.45, 7) is 4.12. The molecule has 2 amide bonds. The normalized spacial score (nSPS) is 15.4. The Bertz CT molecular complexity index is 1090. The number of allylic oxidation sites excluding steroid dienone is 1. The summed E-state index contributed by atoms with van der Waals surface area (Å²) in [7, 11) is 0. The third-order valence-corrected chi connectivity index (χ3v) is 5.64. The molecule has 33 heavy (non-hydrogen) atoms. The van der Waals surface area contributed by atoms with Crippen molar-refractivity contribution in [3.8, 4) is 11.5 Å². The fourth-order valence-electron chi connectivity index (χ4n) is 3.42. The Morgan fingerprint density at radius 2 is 1.94 bits per heavy atom. The Morgan fingerprint density at radius 1 is 1.21 bits per heavy atom. The van der Waals surface area contributed by atoms with Crippen molar-refractivity contribution in [2.75, 3.05) is 13.2 Å². The van der Waals surface area contributed by atoms with Gasteiger partial charge < -0.3 is 31.2 Å². The Hall–Kier alpha value is -3.11. The smallest absolute Gasteiger partial charge is 0.255 e. The second-order valence-electron chi connectivity index (χ2n) is 7.26. The minimum absolute atomic E-state index is 0.230. The van der Waals surface area contributed by atoms with E-state index < -0.39 is 11.9 Å². The quantitative estimate of drug-likeness (QED) is 0.367. The molecular formula is C23H25BrN4O4S. The molecule has 1 aliphatic heterocycles. The Morgan fingerprint density at radius 3 is 2.61 bits per heavy atom. The number of amides is 2. The van der Waals surface area contributed by atoms with Crippen molar-refractivity contribution >= 4 is 45.1 Å². The molecule has 0 saturated carbocycles. The number of ether oxygens (including phenoxy) is 2. The first-order valence-corrected chi connectivity index (χ1v) is 11.5. The molecule has 1 aliphatic rings. The van der Waals surface area contributed by atoms with E-state index in [1.54, 1.807) is 19.1 Å². The number of nitrogens with one attached hydrogen (secondary N) is 3. The number of carbonyl (C=O) groups is 2. The van der Waals surface area contributed by atoms with E-state index in [1.165, 1.54) is 0 Å². The Labute approximate surface area is 206 Å². The zero-order valence-electron chi connectivity index (χ0n) is 18.2. The van der Waals surface area contributed by atoms with Crippen molar-refractivity contribution in [3.05, 3.63) is 69.3 Å². The molecule has 1 atom stereocenters. The summed E-state index contributed by atoms with van der Waals surface area (Å²) in [5.74, 6) is -0.0653. The summed E-state index contributed by atoms with van der Waals surface area (Å²) in [6, 6.07) is 12.7. The number of thiocarbonyl (C=S) groups is 1. The van der Waals surface area contributed by atoms with Gasteiger partial charge in [-0.1, -0.05) is 30.3 Å². The van der Waals surface area contributed by atoms with E-state index in [4.69, 9.17) is 27.4 Å². The molecule has 10 heteroatoms. The van der Waals surface area contributed by atoms with Crippen molar-refractivity contribution < 1.29 is 19.1 Å². The second kappa shape index (κ2) is 11.2. The minimum Gasteiger partial charge on any atom is -0.490 e. The number of nitrogens with two attached hydrogens (primary N) is 1. The maximum atomic E-state index is 13.2. The molecule has 3 rings (SSSR count). The van der Waals surface area contributed by atoms with E-state index >= 15 is 0 Å². The molecule has 2 aromatic carbocycles. The topological polar surface area (TPSA) is 115 Å². The van der Waals surface area contributed by atoms with E-state index in [0.717, 1.165) is 11.1 Å². The van der Waals surface area contributed by atoms with E-state index in [9.17, 15) is 9.59 Å². The van der Waals surface area contributed by atoms with E-state index in [1.807, 2.05) is 37.3 Å². The predicted octanol–water partition coefficient (Wildman–Crippen LogP) is 2.82. The number of halogens is 1. The van der Waals surface area contributed by atoms with Gasteiger partial charge in [0.05, 0.1) is 22.7 Å². The Balaban J connectivity index is 1.94. The summed E-state index contributed by atoms with van der Waals surface area (Å²) in [4.78, 5) is 24.4. The molecule has 8 nitrogen and oxygen atoms in total. The lowest BCUT2D eigenvalue weighted by molar-refractivity contribution is -0.120. The molecule has 0 saturated heterocycles. The van der Waals surface area contributed by atoms with Crippen LogP contribution in [0.5, 0.6) is 11.5 Å². The zero-order chi connectivity index (χ0) is 24.0. The van der Waals surface area contributed by atoms with Crippen LogP contribution in [0.15, 0.2) is 58.2 Å². The van der Waals surface area contributed by atoms with Crippen LogP contribution in [0, 0.1) is 0 Å². The highest BCUT2D eigenvalue weighted by molar-refractivity contribution is 9.10. The van der Waals surface area contributed by atoms with Crippen LogP contribution >= 0.6 is 28.1 Å². The molecule has 0 spiro atoms. The van der Waals surface area contributed by atoms with Crippen LogP contribution < -0.4 is 31.2 Å². The summed E-state index contributed by atoms with van der Waals surface area (Å²) in [5, 5.41) is 9.57. The van der Waals surface area contributed by atoms with Crippen LogP contribution in [0.3, 0.4) is 0 Å². The van der Waals surface area contributed by atoms with Crippen LogP contribution in [0.25, 0.3) is 0 Å². The van der Waals surface area contributed by atoms with Gasteiger partial charge >= 0.3 is 0 Å². The summed E-state index contributed by atoms with van der Waals surface area (Å²) in [5.41, 5.74) is 8.08. The second-order valence-corrected chi connectivity index (χ2v) is 8.52. The van der Waals surface area contributed by atoms with Gasteiger partial charge in [-0.2, -0.15) is 0 Å². The first kappa shape index (κ1) is 24.5. The molecule has 174 valence electrons. The standard InChI is InChI=1S/C23H25BrN4O4S/c1-3-31-17-10-15(9-16(24)21(17)32-12-18(25)29)20-19(13(2)27-23(33)28-20)22(30)26-11-14-7-5-4-6-8-14/h4-10,20H,3,11-12H2,1-2H3,(H2,25,29)(H,26,30)(H2,27,28,33)/t20-/m0/s1. The van der Waals surface area contributed by atoms with Crippen LogP contribution in [-0.4, -0.2) is 30.1 Å². The lowest BCUT2D eigenvalue weighted by Gasteiger charge is -2.31. The number of carbonyl (C=O) groups excluding carboxylic acids is 2. The van der Waals surface area contributed by atoms with Gasteiger partial charge in [-0.05, 0) is 65.3 Å². The van der Waals surface area contributed by atoms with E-state index in [0.29, 0.717) is 45.5 Å². The molecule has 0 unspecified atom stereocenters. The number of hydrogen-bond acceptors (Lipinski definition) is 5. The summed E-state index contributed by atoms with van der Waals surface area (Å²) in [6.07, 6.45) is 0. The van der Waals surface area contributed by atoms with Crippen molar-refractivity contribution in [1.29, 1.82) is 0 Å². The van der Waals surface area contributed by atoms with Crippen molar-refractivity contribution in [1.82, 2.24) is 16.0 Å². The Kier molecular flexibility index (Phi) is 8.29. The maximum absolute atomic E-state index is 13.2. The summed E-state index contributed by atoms with van der Waals surface area (Å²) < 4.78 is 11.8. The molecule has 2 aromatic rings. The van der Waals surface area contributed by atoms with Crippen LogP contribution in [-0.2, 0) is 16.1 Å². The molecule has 1 heterocycles. The van der Waals surface area contributed by atoms with E-state index in [2.05, 4.69) is 31.9 Å². The van der Waals surface area contributed by atoms with Gasteiger partial charge in [-0.3, -0.25) is 9.59 Å². The van der Waals surface area contributed by atoms with Gasteiger partial charge in [0.1, 0.15) is 0 Å². The maximum Gasteiger partial charge on any atom is 0.255 e. The average molecular weight is 533 g/mol. The lowest BCUT2D eigenvalue weighted by atomic mass is 9.94. The van der Waals surface area contributed by atoms with Gasteiger partial charge in [0, 0.05) is 12.2 Å². The molecule has 0 fully saturated rings. The molecule has 0 aromatic heterocycles. The highest BCUT2D eigenvalue weighted by atomic mass is 79.9. The van der Waals surface area contributed by atoms with Crippen molar-refractivity contribution in [2.24, 2.45) is 5.73 Å². The van der Waals surface area contributed by atoms with E-state index in [-0.39, 0.29) is 12.5 Å². The average Bonchev–Trinajstić information content (AvgIpc) is 2.77. The molecular weight excluding hydrogens is 508 g/mol. The minimum atomic E-state index is -0.602. The van der Waals surface area contributed by atoms with Gasteiger partial charge in [0.25, 0.3) is 11.8 Å². The van der Waals surface area contributed by atoms with Crippen LogP contribution in [0.2, 0.25) is 0 Å². The van der Waals surface area contributed by atoms with Crippen LogP contribution in [0.1, 0.15) is 31.0 Å². The fraction of sp³-hybridized carbons (Fsp3) is 0.261. The molecule has 0 aliphatic carbocycles. The first-order valence-electron chi connectivity index (χ1n) is 10.3. The number of primary amides is 1. The van der Waals surface area contributed by atoms with Gasteiger partial charge in [0.2, 0.25) is 0 Å². The molecule has 0 bridgehead atoms. The molecule has 5 N–H and O–H groups in total. The monoisotopic (exact) mass is 532 g/mol. The lowest BCUT2D eigenvalue weighted by Crippen LogP contribution is -2.46. The number of rotatable bonds is 9. The first-order chi connectivity index (χ1) is 15.8. The van der Waals surface area contributed by atoms with Crippen LogP contribution in [0.4, 0.5) is 0 Å². The SMILES string of the molecule is CCOc1cc([C@@H]2NC(=S)NC(C)=C2C(=O)NCc2ccccc2)cc(Br)c1OCC(N)=O. The highest BCUT2D eigenvalue weighted by Crippen LogP contribution is 2.40. The third-order valence-electron chi connectivity index (χ3n) is 4.83. The number of hydrogen-bond donors (Lipinski definition) is 4. The largest absolute Gasteiger partial charge is 0.490 e. The van der Waals surface area contributed by atoms with Crippen molar-refractivity contribution in [2.45, 2.75) is 26.4 Å². The number of benzene rings is 2. The third kappa shape index (κ3) is 6.23. The van der Waals surface area contributed by atoms with Gasteiger partial charge in [-0.15, -0.1) is 0 Å². The summed E-state index contributed by atoms with van der Waals surface area (Å²) >= 11 is 8.83.